The van der Waals surface area contributed by atoms with Crippen LogP contribution < -0.4 is 19.7 Å². The van der Waals surface area contributed by atoms with Crippen LogP contribution in [0.2, 0.25) is 5.02 Å². The minimum absolute atomic E-state index is 0.193. The Bertz CT molecular complexity index is 1820. The molecule has 216 valence electrons. The smallest absolute Gasteiger partial charge is 0.268 e. The number of fused-ring (bicyclic) bond motifs is 2. The third-order valence-electron chi connectivity index (χ3n) is 7.58. The first-order valence-electron chi connectivity index (χ1n) is 13.7. The largest absolute Gasteiger partial charge is 0.497 e. The minimum Gasteiger partial charge on any atom is -0.497 e. The second kappa shape index (κ2) is 12.0. The number of pyridine rings is 1. The summed E-state index contributed by atoms with van der Waals surface area (Å²) in [4.78, 5) is 33.3. The predicted molar refractivity (Wildman–Crippen MR) is 166 cm³/mol. The van der Waals surface area contributed by atoms with Gasteiger partial charge in [0, 0.05) is 40.9 Å². The first-order valence-corrected chi connectivity index (χ1v) is 14.1. The van der Waals surface area contributed by atoms with E-state index in [9.17, 15) is 9.59 Å². The maximum atomic E-state index is 14.3. The standard InChI is InChI=1S/C34H29ClN4O4/c1-42-26-8-5-7-23(16-26)27-18-32(43-2)28(17-29(27)35)34(41)39-21-25-10-11-31(33(40)37-19-22-12-14-36-15-13-22)38(25)20-24-6-3-4-9-30(24)39/h3-18H,19-21H2,1-2H3,(H,37,40). The highest BCUT2D eigenvalue weighted by Crippen LogP contribution is 2.38. The Morgan fingerprint density at radius 2 is 1.72 bits per heavy atom. The minimum atomic E-state index is -0.262. The van der Waals surface area contributed by atoms with E-state index in [4.69, 9.17) is 21.1 Å². The van der Waals surface area contributed by atoms with Crippen molar-refractivity contribution in [3.05, 3.63) is 130 Å². The van der Waals surface area contributed by atoms with Gasteiger partial charge >= 0.3 is 0 Å². The topological polar surface area (TPSA) is 85.7 Å². The normalized spacial score (nSPS) is 12.1. The predicted octanol–water partition coefficient (Wildman–Crippen LogP) is 6.36. The molecule has 6 rings (SSSR count). The lowest BCUT2D eigenvalue weighted by atomic mass is 10.0. The summed E-state index contributed by atoms with van der Waals surface area (Å²) in [5.41, 5.74) is 5.88. The molecule has 0 bridgehead atoms. The summed E-state index contributed by atoms with van der Waals surface area (Å²) >= 11 is 6.78. The lowest BCUT2D eigenvalue weighted by Crippen LogP contribution is -2.31. The highest BCUT2D eigenvalue weighted by Gasteiger charge is 2.29. The molecule has 1 aliphatic heterocycles. The average molecular weight is 593 g/mol. The van der Waals surface area contributed by atoms with Crippen molar-refractivity contribution in [1.82, 2.24) is 14.9 Å². The zero-order chi connectivity index (χ0) is 29.9. The van der Waals surface area contributed by atoms with E-state index in [0.29, 0.717) is 40.9 Å². The second-order valence-corrected chi connectivity index (χ2v) is 10.5. The molecule has 2 amide bonds. The summed E-state index contributed by atoms with van der Waals surface area (Å²) in [7, 11) is 3.14. The number of para-hydroxylation sites is 1. The van der Waals surface area contributed by atoms with Crippen molar-refractivity contribution >= 4 is 29.1 Å². The molecule has 43 heavy (non-hydrogen) atoms. The van der Waals surface area contributed by atoms with E-state index in [-0.39, 0.29) is 18.4 Å². The number of anilines is 1. The molecule has 0 radical (unpaired) electrons. The van der Waals surface area contributed by atoms with Gasteiger partial charge in [-0.25, -0.2) is 0 Å². The van der Waals surface area contributed by atoms with Gasteiger partial charge in [-0.05, 0) is 71.3 Å². The second-order valence-electron chi connectivity index (χ2n) is 10.1. The van der Waals surface area contributed by atoms with Crippen molar-refractivity contribution in [2.45, 2.75) is 19.6 Å². The summed E-state index contributed by atoms with van der Waals surface area (Å²) in [5, 5.41) is 3.41. The molecule has 0 fully saturated rings. The molecule has 1 aliphatic rings. The van der Waals surface area contributed by atoms with Crippen molar-refractivity contribution in [1.29, 1.82) is 0 Å². The molecule has 5 aromatic rings. The summed E-state index contributed by atoms with van der Waals surface area (Å²) in [5.74, 6) is 0.645. The summed E-state index contributed by atoms with van der Waals surface area (Å²) in [6.45, 7) is 1.08. The van der Waals surface area contributed by atoms with Crippen LogP contribution in [0.15, 0.2) is 97.3 Å². The van der Waals surface area contributed by atoms with Gasteiger partial charge in [-0.3, -0.25) is 14.6 Å². The number of aromatic nitrogens is 2. The van der Waals surface area contributed by atoms with Crippen molar-refractivity contribution in [2.75, 3.05) is 19.1 Å². The van der Waals surface area contributed by atoms with Gasteiger partial charge in [-0.2, -0.15) is 0 Å². The van der Waals surface area contributed by atoms with Crippen LogP contribution in [-0.2, 0) is 19.6 Å². The quantitative estimate of drug-likeness (QED) is 0.238. The molecule has 9 heteroatoms. The van der Waals surface area contributed by atoms with Crippen molar-refractivity contribution in [3.8, 4) is 22.6 Å². The van der Waals surface area contributed by atoms with Gasteiger partial charge in [0.1, 0.15) is 17.2 Å². The van der Waals surface area contributed by atoms with E-state index in [2.05, 4.69) is 10.3 Å². The number of halogens is 1. The van der Waals surface area contributed by atoms with Gasteiger partial charge in [0.2, 0.25) is 0 Å². The van der Waals surface area contributed by atoms with Crippen LogP contribution in [0.3, 0.4) is 0 Å². The van der Waals surface area contributed by atoms with Gasteiger partial charge in [0.05, 0.1) is 32.9 Å². The van der Waals surface area contributed by atoms with E-state index in [1.807, 2.05) is 71.3 Å². The zero-order valence-corrected chi connectivity index (χ0v) is 24.5. The summed E-state index contributed by atoms with van der Waals surface area (Å²) in [6, 6.07) is 26.1. The molecule has 3 heterocycles. The maximum absolute atomic E-state index is 14.3. The lowest BCUT2D eigenvalue weighted by molar-refractivity contribution is 0.0941. The Kier molecular flexibility index (Phi) is 7.85. The van der Waals surface area contributed by atoms with E-state index in [1.54, 1.807) is 42.6 Å². The molecule has 0 spiro atoms. The number of carbonyl (C=O) groups is 2. The van der Waals surface area contributed by atoms with Gasteiger partial charge < -0.3 is 24.3 Å². The number of nitrogens with one attached hydrogen (secondary N) is 1. The molecule has 0 aliphatic carbocycles. The fourth-order valence-electron chi connectivity index (χ4n) is 5.36. The van der Waals surface area contributed by atoms with Gasteiger partial charge in [-0.15, -0.1) is 0 Å². The number of ether oxygens (including phenoxy) is 2. The molecular weight excluding hydrogens is 564 g/mol. The number of carbonyl (C=O) groups excluding carboxylic acids is 2. The Morgan fingerprint density at radius 1 is 0.907 bits per heavy atom. The van der Waals surface area contributed by atoms with E-state index in [1.165, 1.54) is 7.11 Å². The van der Waals surface area contributed by atoms with Crippen LogP contribution in [-0.4, -0.2) is 35.6 Å². The van der Waals surface area contributed by atoms with Crippen LogP contribution in [0, 0.1) is 0 Å². The van der Waals surface area contributed by atoms with Crippen LogP contribution in [0.5, 0.6) is 11.5 Å². The third kappa shape index (κ3) is 5.57. The molecule has 0 unspecified atom stereocenters. The number of hydrogen-bond donors (Lipinski definition) is 1. The fraction of sp³-hybridized carbons (Fsp3) is 0.147. The summed E-state index contributed by atoms with van der Waals surface area (Å²) < 4.78 is 13.1. The van der Waals surface area contributed by atoms with Crippen LogP contribution in [0.4, 0.5) is 5.69 Å². The van der Waals surface area contributed by atoms with Crippen LogP contribution >= 0.6 is 11.6 Å². The Labute approximate surface area is 254 Å². The van der Waals surface area contributed by atoms with Gasteiger partial charge in [-0.1, -0.05) is 41.9 Å². The number of hydrogen-bond acceptors (Lipinski definition) is 5. The molecule has 2 aromatic heterocycles. The van der Waals surface area contributed by atoms with E-state index >= 15 is 0 Å². The average Bonchev–Trinajstić information content (AvgIpc) is 3.36. The van der Waals surface area contributed by atoms with Crippen molar-refractivity contribution in [2.24, 2.45) is 0 Å². The number of rotatable bonds is 7. The Balaban J connectivity index is 1.34. The number of benzene rings is 3. The van der Waals surface area contributed by atoms with Crippen LogP contribution in [0.25, 0.3) is 11.1 Å². The Morgan fingerprint density at radius 3 is 2.51 bits per heavy atom. The molecule has 0 saturated carbocycles. The number of amides is 2. The highest BCUT2D eigenvalue weighted by molar-refractivity contribution is 6.34. The molecule has 3 aromatic carbocycles. The van der Waals surface area contributed by atoms with E-state index in [0.717, 1.165) is 33.6 Å². The van der Waals surface area contributed by atoms with Crippen molar-refractivity contribution in [3.63, 3.8) is 0 Å². The summed E-state index contributed by atoms with van der Waals surface area (Å²) in [6.07, 6.45) is 3.39. The molecule has 0 saturated heterocycles. The zero-order valence-electron chi connectivity index (χ0n) is 23.7. The third-order valence-corrected chi connectivity index (χ3v) is 7.90. The monoisotopic (exact) mass is 592 g/mol. The van der Waals surface area contributed by atoms with Crippen molar-refractivity contribution < 1.29 is 19.1 Å². The fourth-order valence-corrected chi connectivity index (χ4v) is 5.63. The maximum Gasteiger partial charge on any atom is 0.268 e. The van der Waals surface area contributed by atoms with E-state index < -0.39 is 0 Å². The first kappa shape index (κ1) is 28.1. The van der Waals surface area contributed by atoms with Gasteiger partial charge in [0.15, 0.2) is 0 Å². The number of nitrogens with zero attached hydrogens (tertiary/aromatic N) is 3. The molecule has 8 nitrogen and oxygen atoms in total. The van der Waals surface area contributed by atoms with Gasteiger partial charge in [0.25, 0.3) is 11.8 Å². The molecule has 0 atom stereocenters. The number of methoxy groups -OCH3 is 2. The molecule has 1 N–H and O–H groups in total. The lowest BCUT2D eigenvalue weighted by Gasteiger charge is -2.24. The molecular formula is C34H29ClN4O4. The Hall–Kier alpha value is -5.08. The van der Waals surface area contributed by atoms with Crippen LogP contribution in [0.1, 0.15) is 37.7 Å². The first-order chi connectivity index (χ1) is 21.0. The SMILES string of the molecule is COc1cccc(-c2cc(OC)c(C(=O)N3Cc4ccc(C(=O)NCc5ccncc5)n4Cc4ccccc43)cc2Cl)c1. The highest BCUT2D eigenvalue weighted by atomic mass is 35.5.